The van der Waals surface area contributed by atoms with Crippen LogP contribution in [0.15, 0.2) is 42.0 Å². The van der Waals surface area contributed by atoms with Crippen LogP contribution in [0.4, 0.5) is 5.69 Å². The molecular weight excluding hydrogens is 903 g/mol. The number of phenolic OH excluding ortho intramolecular Hbond substituents is 1. The molecule has 19 atom stereocenters. The second-order valence-electron chi connectivity index (χ2n) is 23.8. The topological polar surface area (TPSA) is 212 Å². The Morgan fingerprint density at radius 1 is 1.01 bits per heavy atom. The van der Waals surface area contributed by atoms with Gasteiger partial charge in [0.05, 0.1) is 47.3 Å². The molecule has 3 spiro atoms. The zero-order chi connectivity index (χ0) is 48.1. The van der Waals surface area contributed by atoms with E-state index in [0.29, 0.717) is 75.1 Å². The van der Waals surface area contributed by atoms with Crippen molar-refractivity contribution < 1.29 is 55.2 Å². The van der Waals surface area contributed by atoms with E-state index < -0.39 is 86.4 Å². The Kier molecular flexibility index (Phi) is 11.5. The third-order valence-corrected chi connectivity index (χ3v) is 24.0. The Morgan fingerprint density at radius 3 is 2.56 bits per heavy atom. The molecule has 1 aromatic rings. The Labute approximate surface area is 408 Å². The molecule has 68 heavy (non-hydrogen) atoms. The highest BCUT2D eigenvalue weighted by molar-refractivity contribution is 8.77. The summed E-state index contributed by atoms with van der Waals surface area (Å²) in [5.41, 5.74) is -7.78. The number of aliphatic hydroxyl groups excluding tert-OH is 4. The number of carbonyl (C=O) groups excluding carboxylic acids is 2. The summed E-state index contributed by atoms with van der Waals surface area (Å²) in [4.78, 5) is 33.2. The normalized spacial score (nSPS) is 49.6. The van der Waals surface area contributed by atoms with Crippen molar-refractivity contribution in [2.45, 2.75) is 151 Å². The highest BCUT2D eigenvalue weighted by atomic mass is 33.1. The van der Waals surface area contributed by atoms with E-state index in [-0.39, 0.29) is 78.8 Å². The predicted molar refractivity (Wildman–Crippen MR) is 259 cm³/mol. The van der Waals surface area contributed by atoms with Crippen LogP contribution in [0.2, 0.25) is 0 Å². The van der Waals surface area contributed by atoms with E-state index in [4.69, 9.17) is 4.74 Å². The van der Waals surface area contributed by atoms with Crippen LogP contribution in [0, 0.1) is 80.8 Å². The van der Waals surface area contributed by atoms with E-state index in [2.05, 4.69) is 44.8 Å². The van der Waals surface area contributed by atoms with Gasteiger partial charge in [-0.05, 0) is 134 Å². The maximum absolute atomic E-state index is 16.0. The lowest BCUT2D eigenvalue weighted by Crippen LogP contribution is -2.74. The summed E-state index contributed by atoms with van der Waals surface area (Å²) in [6, 6.07) is 5.30. The molecule has 12 aliphatic rings. The van der Waals surface area contributed by atoms with Gasteiger partial charge in [0.15, 0.2) is 5.78 Å². The number of fused-ring (bicyclic) bond motifs is 1. The molecule has 6 aliphatic carbocycles. The van der Waals surface area contributed by atoms with Gasteiger partial charge in [-0.2, -0.15) is 0 Å². The molecule has 13 rings (SSSR count). The zero-order valence-corrected chi connectivity index (χ0v) is 41.5. The summed E-state index contributed by atoms with van der Waals surface area (Å²) < 4.78 is 6.51. The fraction of sp³-hybridized carbons (Fsp3) is 0.741. The quantitative estimate of drug-likeness (QED) is 0.0836. The number of hydrogen-bond acceptors (Lipinski definition) is 13. The molecule has 2 saturated heterocycles. The number of epoxide rings is 1. The van der Waals surface area contributed by atoms with Crippen LogP contribution in [0.3, 0.4) is 0 Å². The van der Waals surface area contributed by atoms with Crippen LogP contribution in [0.25, 0.3) is 0 Å². The average Bonchev–Trinajstić information content (AvgIpc) is 3.99. The summed E-state index contributed by atoms with van der Waals surface area (Å²) in [6.45, 7) is 7.85. The Bertz CT molecular complexity index is 2380. The van der Waals surface area contributed by atoms with Gasteiger partial charge in [0.1, 0.15) is 23.1 Å². The maximum Gasteiger partial charge on any atom is 0.233 e. The molecule has 6 aliphatic heterocycles. The summed E-state index contributed by atoms with van der Waals surface area (Å²) in [5.74, 6) is 3.46. The van der Waals surface area contributed by atoms with Crippen LogP contribution in [-0.4, -0.2) is 125 Å². The average molecular weight is 974 g/mol. The van der Waals surface area contributed by atoms with Gasteiger partial charge in [0.2, 0.25) is 5.91 Å². The predicted octanol–water partition coefficient (Wildman–Crippen LogP) is 5.11. The molecule has 9 bridgehead atoms. The third-order valence-electron chi connectivity index (χ3n) is 21.0. The number of carbonyl (C=O) groups is 2. The van der Waals surface area contributed by atoms with Gasteiger partial charge in [-0.15, -0.1) is 5.92 Å². The maximum atomic E-state index is 16.0. The SMILES string of the molecule is CC(C)[C@@H](C)[C@@H]1O[C@H]1[C@@]1(O)CC=C[C@@H]2C[C@H]3C4=CC(=O)[C@]56CSS[C@@H]([C@H](O)CC#C[C@H]5[C@@H](O)[C@](O)(CO)C[C@]36C)[C@@H]3CCC[C@@H](CO)[C@]35CCN(C5=O)c3cc(O)cc(c3)CC[C@]23[C@@H]1CC[C@@]43O. The highest BCUT2D eigenvalue weighted by Crippen LogP contribution is 2.76. The second-order valence-corrected chi connectivity index (χ2v) is 26.3. The lowest BCUT2D eigenvalue weighted by molar-refractivity contribution is -0.235. The van der Waals surface area contributed by atoms with Crippen LogP contribution in [-0.2, 0) is 20.7 Å². The smallest absolute Gasteiger partial charge is 0.233 e. The van der Waals surface area contributed by atoms with Crippen LogP contribution in [0.5, 0.6) is 5.75 Å². The molecule has 1 aromatic carbocycles. The summed E-state index contributed by atoms with van der Waals surface area (Å²) in [6.07, 6.45) is 7.18. The second kappa shape index (κ2) is 16.3. The Balaban J connectivity index is 1.15. The first-order valence-electron chi connectivity index (χ1n) is 25.6. The van der Waals surface area contributed by atoms with Crippen molar-refractivity contribution in [2.75, 3.05) is 30.4 Å². The van der Waals surface area contributed by atoms with Crippen molar-refractivity contribution in [3.63, 3.8) is 0 Å². The number of ether oxygens (including phenoxy) is 1. The van der Waals surface area contributed by atoms with Crippen molar-refractivity contribution >= 4 is 39.0 Å². The van der Waals surface area contributed by atoms with Gasteiger partial charge < -0.3 is 50.5 Å². The fourth-order valence-electron chi connectivity index (χ4n) is 17.3. The molecule has 1 amide bonds. The molecule has 6 heterocycles. The Morgan fingerprint density at radius 2 is 1.81 bits per heavy atom. The number of anilines is 1. The molecule has 4 saturated carbocycles. The number of aliphatic hydroxyl groups is 7. The molecule has 6 fully saturated rings. The minimum absolute atomic E-state index is 0.00266. The first kappa shape index (κ1) is 47.9. The summed E-state index contributed by atoms with van der Waals surface area (Å²) in [7, 11) is 2.88. The van der Waals surface area contributed by atoms with Crippen LogP contribution in [0.1, 0.15) is 104 Å². The number of aromatic hydroxyl groups is 1. The lowest BCUT2D eigenvalue weighted by Gasteiger charge is -2.68. The minimum atomic E-state index is -2.05. The molecule has 0 radical (unpaired) electrons. The number of hydrogen-bond donors (Lipinski definition) is 8. The zero-order valence-electron chi connectivity index (χ0n) is 39.8. The van der Waals surface area contributed by atoms with Crippen molar-refractivity contribution in [1.82, 2.24) is 0 Å². The number of benzene rings is 1. The van der Waals surface area contributed by atoms with Gasteiger partial charge in [0, 0.05) is 53.7 Å². The van der Waals surface area contributed by atoms with Crippen molar-refractivity contribution in [1.29, 1.82) is 0 Å². The van der Waals surface area contributed by atoms with Crippen molar-refractivity contribution in [3.05, 3.63) is 47.6 Å². The van der Waals surface area contributed by atoms with E-state index in [9.17, 15) is 40.9 Å². The van der Waals surface area contributed by atoms with E-state index in [1.807, 2.05) is 13.0 Å². The molecule has 12 nitrogen and oxygen atoms in total. The van der Waals surface area contributed by atoms with E-state index in [1.165, 1.54) is 21.6 Å². The van der Waals surface area contributed by atoms with Gasteiger partial charge in [-0.3, -0.25) is 9.59 Å². The van der Waals surface area contributed by atoms with Crippen molar-refractivity contribution in [2.24, 2.45) is 69.0 Å². The number of allylic oxidation sites excluding steroid dienone is 2. The molecule has 0 aromatic heterocycles. The Hall–Kier alpha value is -2.42. The van der Waals surface area contributed by atoms with E-state index in [0.717, 1.165) is 12.0 Å². The lowest BCUT2D eigenvalue weighted by atomic mass is 9.36. The van der Waals surface area contributed by atoms with Gasteiger partial charge in [-0.1, -0.05) is 73.8 Å². The summed E-state index contributed by atoms with van der Waals surface area (Å²) in [5, 5.41) is 97.7. The first-order valence-corrected chi connectivity index (χ1v) is 27.9. The summed E-state index contributed by atoms with van der Waals surface area (Å²) >= 11 is 0. The monoisotopic (exact) mass is 973 g/mol. The largest absolute Gasteiger partial charge is 0.508 e. The van der Waals surface area contributed by atoms with Crippen molar-refractivity contribution in [3.8, 4) is 17.6 Å². The van der Waals surface area contributed by atoms with Crippen LogP contribution >= 0.6 is 21.6 Å². The molecule has 0 unspecified atom stereocenters. The first-order chi connectivity index (χ1) is 32.3. The fourth-order valence-corrected chi connectivity index (χ4v) is 21.1. The number of aryl methyl sites for hydroxylation is 1. The molecule has 8 N–H and O–H groups in total. The number of phenols is 1. The number of amides is 1. The molecular formula is C54H71NO11S2. The van der Waals surface area contributed by atoms with Crippen LogP contribution < -0.4 is 4.90 Å². The van der Waals surface area contributed by atoms with Gasteiger partial charge >= 0.3 is 0 Å². The van der Waals surface area contributed by atoms with Gasteiger partial charge in [0.25, 0.3) is 0 Å². The van der Waals surface area contributed by atoms with E-state index >= 15 is 9.59 Å². The number of nitrogens with zero attached hydrogens (tertiary/aromatic N) is 1. The highest BCUT2D eigenvalue weighted by Gasteiger charge is 2.79. The minimum Gasteiger partial charge on any atom is -0.508 e. The molecule has 14 heteroatoms. The number of ketones is 1. The number of rotatable bonds is 5. The van der Waals surface area contributed by atoms with Gasteiger partial charge in [-0.25, -0.2) is 0 Å². The standard InChI is InChI=1S/C54H71NO11S2/c1-29(2)30(3)43-46(66-43)53(64)15-7-9-32-22-38-39-24-42(60)52-28-67-68-44(40(59)12-6-11-37(52)45(61)49(63,27-57)26-48(38,52)4)36-10-5-8-33(25-56)50(36)18-19-55(47(50)62)34-20-31(21-35(58)23-34)13-16-51(32)41(53)14-17-54(39,51)65/h7,9,20-21,23-24,29-30,32-33,36-38,40-41,43-46,56-59,61,63-65H,5,8,10,12-19,22,25-28H2,1-4H3/t30-,32-,33+,36+,37+,38+,40-,41+,43+,44-,45-,46-,48-,49-,50-,51-,52+,53-,54-/m1/s1. The van der Waals surface area contributed by atoms with E-state index in [1.54, 1.807) is 23.1 Å². The molecule has 370 valence electrons. The third kappa shape index (κ3) is 6.19.